The minimum Gasteiger partial charge on any atom is -0.493 e. The maximum absolute atomic E-state index is 10.6. The van der Waals surface area contributed by atoms with Crippen molar-refractivity contribution in [1.29, 1.82) is 0 Å². The van der Waals surface area contributed by atoms with Crippen LogP contribution in [0.15, 0.2) is 18.2 Å². The first-order valence-electron chi connectivity index (χ1n) is 7.00. The predicted molar refractivity (Wildman–Crippen MR) is 78.7 cm³/mol. The molecule has 1 heterocycles. The van der Waals surface area contributed by atoms with E-state index in [-0.39, 0.29) is 18.6 Å². The van der Waals surface area contributed by atoms with Crippen molar-refractivity contribution in [3.8, 4) is 11.5 Å². The van der Waals surface area contributed by atoms with Crippen LogP contribution in [0.4, 0.5) is 0 Å². The van der Waals surface area contributed by atoms with Gasteiger partial charge in [-0.3, -0.25) is 9.69 Å². The third-order valence-electron chi connectivity index (χ3n) is 3.61. The average Bonchev–Trinajstić information content (AvgIpc) is 2.43. The van der Waals surface area contributed by atoms with Gasteiger partial charge in [0.05, 0.1) is 7.11 Å². The number of nitrogens with two attached hydrogens (primary N) is 1. The van der Waals surface area contributed by atoms with Crippen LogP contribution in [0, 0.1) is 0 Å². The highest BCUT2D eigenvalue weighted by atomic mass is 16.5. The number of ether oxygens (including phenoxy) is 2. The zero-order valence-electron chi connectivity index (χ0n) is 12.4. The molecule has 1 saturated heterocycles. The number of hydrogen-bond acceptors (Lipinski definition) is 5. The highest BCUT2D eigenvalue weighted by molar-refractivity contribution is 5.66. The van der Waals surface area contributed by atoms with E-state index in [0.717, 1.165) is 18.7 Å². The lowest BCUT2D eigenvalue weighted by molar-refractivity contribution is -0.137. The monoisotopic (exact) mass is 294 g/mol. The smallest absolute Gasteiger partial charge is 0.303 e. The lowest BCUT2D eigenvalue weighted by atomic mass is 10.0. The normalized spacial score (nSPS) is 17.1. The zero-order chi connectivity index (χ0) is 15.4. The van der Waals surface area contributed by atoms with E-state index in [9.17, 15) is 4.79 Å². The average molecular weight is 294 g/mol. The van der Waals surface area contributed by atoms with Crippen molar-refractivity contribution >= 4 is 5.97 Å². The van der Waals surface area contributed by atoms with Crippen LogP contribution in [0.2, 0.25) is 0 Å². The summed E-state index contributed by atoms with van der Waals surface area (Å²) in [4.78, 5) is 12.8. The molecule has 2 rings (SSSR count). The lowest BCUT2D eigenvalue weighted by Gasteiger charge is -2.36. The number of carboxylic acid groups (broad SMARTS) is 1. The summed E-state index contributed by atoms with van der Waals surface area (Å²) >= 11 is 0. The number of carbonyl (C=O) groups is 1. The van der Waals surface area contributed by atoms with Gasteiger partial charge in [0.1, 0.15) is 6.10 Å². The van der Waals surface area contributed by atoms with E-state index in [1.165, 1.54) is 0 Å². The Morgan fingerprint density at radius 3 is 2.76 bits per heavy atom. The van der Waals surface area contributed by atoms with Crippen LogP contribution >= 0.6 is 0 Å². The Morgan fingerprint density at radius 2 is 2.19 bits per heavy atom. The van der Waals surface area contributed by atoms with E-state index in [2.05, 4.69) is 4.90 Å². The fraction of sp³-hybridized carbons (Fsp3) is 0.533. The molecule has 0 spiro atoms. The fourth-order valence-corrected chi connectivity index (χ4v) is 2.36. The molecule has 1 aromatic carbocycles. The van der Waals surface area contributed by atoms with Crippen LogP contribution in [0.25, 0.3) is 0 Å². The second-order valence-corrected chi connectivity index (χ2v) is 5.41. The van der Waals surface area contributed by atoms with Gasteiger partial charge < -0.3 is 20.3 Å². The topological polar surface area (TPSA) is 85.0 Å². The summed E-state index contributed by atoms with van der Waals surface area (Å²) in [5.74, 6) is 0.491. The third kappa shape index (κ3) is 4.09. The molecule has 1 fully saturated rings. The first-order valence-corrected chi connectivity index (χ1v) is 7.00. The van der Waals surface area contributed by atoms with E-state index in [0.29, 0.717) is 17.9 Å². The summed E-state index contributed by atoms with van der Waals surface area (Å²) in [5, 5.41) is 8.72. The van der Waals surface area contributed by atoms with Crippen molar-refractivity contribution < 1.29 is 19.4 Å². The van der Waals surface area contributed by atoms with Gasteiger partial charge in [-0.25, -0.2) is 0 Å². The first-order chi connectivity index (χ1) is 9.99. The Kier molecular flexibility index (Phi) is 5.03. The second-order valence-electron chi connectivity index (χ2n) is 5.41. The van der Waals surface area contributed by atoms with Crippen LogP contribution in [-0.2, 0) is 4.79 Å². The van der Waals surface area contributed by atoms with E-state index in [1.54, 1.807) is 7.11 Å². The standard InChI is InChI=1S/C15H22N2O4/c1-17-8-11(9-17)21-14-7-10(3-5-13(14)20-2)12(16)4-6-15(18)19/h3,5,7,11-12H,4,6,8-9,16H2,1-2H3,(H,18,19). The van der Waals surface area contributed by atoms with E-state index < -0.39 is 5.97 Å². The molecule has 1 aromatic rings. The van der Waals surface area contributed by atoms with Gasteiger partial charge in [-0.05, 0) is 31.2 Å². The van der Waals surface area contributed by atoms with Gasteiger partial charge in [0.15, 0.2) is 11.5 Å². The van der Waals surface area contributed by atoms with Crippen molar-refractivity contribution in [3.63, 3.8) is 0 Å². The summed E-state index contributed by atoms with van der Waals surface area (Å²) in [7, 11) is 3.63. The third-order valence-corrected chi connectivity index (χ3v) is 3.61. The first kappa shape index (κ1) is 15.6. The molecule has 1 unspecified atom stereocenters. The van der Waals surface area contributed by atoms with Gasteiger partial charge in [-0.15, -0.1) is 0 Å². The molecule has 1 atom stereocenters. The van der Waals surface area contributed by atoms with Crippen molar-refractivity contribution in [1.82, 2.24) is 4.90 Å². The molecular weight excluding hydrogens is 272 g/mol. The quantitative estimate of drug-likeness (QED) is 0.787. The van der Waals surface area contributed by atoms with Gasteiger partial charge in [0, 0.05) is 25.6 Å². The van der Waals surface area contributed by atoms with Crippen molar-refractivity contribution in [2.75, 3.05) is 27.2 Å². The highest BCUT2D eigenvalue weighted by Crippen LogP contribution is 2.32. The lowest BCUT2D eigenvalue weighted by Crippen LogP contribution is -2.51. The summed E-state index contributed by atoms with van der Waals surface area (Å²) in [6, 6.07) is 5.20. The van der Waals surface area contributed by atoms with Gasteiger partial charge in [-0.1, -0.05) is 6.07 Å². The number of likely N-dealkylation sites (N-methyl/N-ethyl adjacent to an activating group) is 1. The van der Waals surface area contributed by atoms with Gasteiger partial charge in [0.25, 0.3) is 0 Å². The number of nitrogens with zero attached hydrogens (tertiary/aromatic N) is 1. The van der Waals surface area contributed by atoms with Crippen LogP contribution < -0.4 is 15.2 Å². The van der Waals surface area contributed by atoms with E-state index >= 15 is 0 Å². The van der Waals surface area contributed by atoms with Gasteiger partial charge >= 0.3 is 5.97 Å². The summed E-state index contributed by atoms with van der Waals surface area (Å²) in [5.41, 5.74) is 6.90. The maximum atomic E-state index is 10.6. The molecule has 0 aromatic heterocycles. The summed E-state index contributed by atoms with van der Waals surface area (Å²) in [6.45, 7) is 1.77. The molecule has 21 heavy (non-hydrogen) atoms. The molecule has 0 aliphatic carbocycles. The maximum Gasteiger partial charge on any atom is 0.303 e. The fourth-order valence-electron chi connectivity index (χ4n) is 2.36. The van der Waals surface area contributed by atoms with Crippen molar-refractivity contribution in [2.24, 2.45) is 5.73 Å². The van der Waals surface area contributed by atoms with Crippen LogP contribution in [0.1, 0.15) is 24.4 Å². The Morgan fingerprint density at radius 1 is 1.48 bits per heavy atom. The number of rotatable bonds is 7. The van der Waals surface area contributed by atoms with Crippen molar-refractivity contribution in [2.45, 2.75) is 25.0 Å². The van der Waals surface area contributed by atoms with E-state index in [4.69, 9.17) is 20.3 Å². The number of benzene rings is 1. The Labute approximate surface area is 124 Å². The zero-order valence-corrected chi connectivity index (χ0v) is 12.4. The van der Waals surface area contributed by atoms with Gasteiger partial charge in [-0.2, -0.15) is 0 Å². The van der Waals surface area contributed by atoms with Crippen LogP contribution in [0.5, 0.6) is 11.5 Å². The molecule has 6 heteroatoms. The molecule has 0 saturated carbocycles. The molecule has 0 bridgehead atoms. The van der Waals surface area contributed by atoms with Crippen LogP contribution in [0.3, 0.4) is 0 Å². The van der Waals surface area contributed by atoms with Crippen LogP contribution in [-0.4, -0.2) is 49.3 Å². The SMILES string of the molecule is COc1ccc(C(N)CCC(=O)O)cc1OC1CN(C)C1. The van der Waals surface area contributed by atoms with Crippen molar-refractivity contribution in [3.05, 3.63) is 23.8 Å². The second kappa shape index (κ2) is 6.78. The van der Waals surface area contributed by atoms with Gasteiger partial charge in [0.2, 0.25) is 0 Å². The molecule has 6 nitrogen and oxygen atoms in total. The Balaban J connectivity index is 2.07. The minimum atomic E-state index is -0.840. The molecular formula is C15H22N2O4. The number of likely N-dealkylation sites (tertiary alicyclic amines) is 1. The number of hydrogen-bond donors (Lipinski definition) is 2. The predicted octanol–water partition coefficient (Wildman–Crippen LogP) is 1.25. The Bertz CT molecular complexity index is 500. The molecule has 3 N–H and O–H groups in total. The molecule has 0 radical (unpaired) electrons. The molecule has 1 aliphatic heterocycles. The van der Waals surface area contributed by atoms with E-state index in [1.807, 2.05) is 25.2 Å². The molecule has 116 valence electrons. The molecule has 0 amide bonds. The number of aliphatic carboxylic acids is 1. The number of methoxy groups -OCH3 is 1. The minimum absolute atomic E-state index is 0.0524. The Hall–Kier alpha value is -1.79. The molecule has 1 aliphatic rings. The highest BCUT2D eigenvalue weighted by Gasteiger charge is 2.26. The summed E-state index contributed by atoms with van der Waals surface area (Å²) < 4.78 is 11.2. The summed E-state index contributed by atoms with van der Waals surface area (Å²) in [6.07, 6.45) is 0.610. The largest absolute Gasteiger partial charge is 0.493 e. The number of carboxylic acids is 1.